The van der Waals surface area contributed by atoms with Crippen LogP contribution in [0.15, 0.2) is 35.3 Å². The third-order valence-electron chi connectivity index (χ3n) is 2.86. The van der Waals surface area contributed by atoms with Gasteiger partial charge in [0.15, 0.2) is 0 Å². The van der Waals surface area contributed by atoms with Gasteiger partial charge in [-0.1, -0.05) is 23.7 Å². The van der Waals surface area contributed by atoms with E-state index in [9.17, 15) is 4.79 Å². The molecule has 3 nitrogen and oxygen atoms in total. The number of rotatable bonds is 2. The molecule has 1 aromatic heterocycles. The molecule has 1 N–H and O–H groups in total. The standard InChI is InChI=1S/C12H11ClN2O/c13-9-3-1-8(2-4-9)11-7-14-12(16)15(11)10-5-6-10/h1-4,7,10H,5-6H2,(H,14,16). The smallest absolute Gasteiger partial charge is 0.312 e. The van der Waals surface area contributed by atoms with Crippen molar-refractivity contribution in [1.29, 1.82) is 0 Å². The fourth-order valence-corrected chi connectivity index (χ4v) is 2.04. The van der Waals surface area contributed by atoms with E-state index in [0.717, 1.165) is 24.1 Å². The molecule has 0 saturated heterocycles. The van der Waals surface area contributed by atoms with E-state index >= 15 is 0 Å². The Bertz CT molecular complexity index is 563. The molecule has 0 radical (unpaired) electrons. The summed E-state index contributed by atoms with van der Waals surface area (Å²) in [5.74, 6) is 0. The Hall–Kier alpha value is -1.48. The van der Waals surface area contributed by atoms with Crippen LogP contribution in [0.25, 0.3) is 11.3 Å². The molecule has 3 rings (SSSR count). The van der Waals surface area contributed by atoms with E-state index in [1.165, 1.54) is 0 Å². The molecule has 4 heteroatoms. The van der Waals surface area contributed by atoms with Crippen LogP contribution in [0.5, 0.6) is 0 Å². The predicted octanol–water partition coefficient (Wildman–Crippen LogP) is 2.83. The molecule has 0 spiro atoms. The quantitative estimate of drug-likeness (QED) is 0.853. The number of hydrogen-bond donors (Lipinski definition) is 1. The minimum Gasteiger partial charge on any atom is -0.312 e. The monoisotopic (exact) mass is 234 g/mol. The first-order chi connectivity index (χ1) is 7.75. The third kappa shape index (κ3) is 1.57. The van der Waals surface area contributed by atoms with Crippen molar-refractivity contribution in [3.05, 3.63) is 46.0 Å². The lowest BCUT2D eigenvalue weighted by Crippen LogP contribution is -2.16. The Labute approximate surface area is 97.7 Å². The second kappa shape index (κ2) is 3.52. The lowest BCUT2D eigenvalue weighted by atomic mass is 10.2. The van der Waals surface area contributed by atoms with Gasteiger partial charge in [0, 0.05) is 17.3 Å². The lowest BCUT2D eigenvalue weighted by molar-refractivity contribution is 0.717. The molecule has 1 fully saturated rings. The van der Waals surface area contributed by atoms with Gasteiger partial charge in [0.2, 0.25) is 0 Å². The number of imidazole rings is 1. The van der Waals surface area contributed by atoms with Crippen LogP contribution in [-0.2, 0) is 0 Å². The SMILES string of the molecule is O=c1[nH]cc(-c2ccc(Cl)cc2)n1C1CC1. The highest BCUT2D eigenvalue weighted by molar-refractivity contribution is 6.30. The highest BCUT2D eigenvalue weighted by atomic mass is 35.5. The van der Waals surface area contributed by atoms with Crippen LogP contribution in [-0.4, -0.2) is 9.55 Å². The number of nitrogens with one attached hydrogen (secondary N) is 1. The second-order valence-electron chi connectivity index (χ2n) is 4.09. The van der Waals surface area contributed by atoms with Gasteiger partial charge in [0.25, 0.3) is 0 Å². The van der Waals surface area contributed by atoms with E-state index in [-0.39, 0.29) is 5.69 Å². The molecule has 2 aromatic rings. The third-order valence-corrected chi connectivity index (χ3v) is 3.11. The van der Waals surface area contributed by atoms with E-state index in [2.05, 4.69) is 4.98 Å². The molecule has 16 heavy (non-hydrogen) atoms. The van der Waals surface area contributed by atoms with Crippen LogP contribution in [0, 0.1) is 0 Å². The minimum absolute atomic E-state index is 0.0209. The number of aromatic amines is 1. The Morgan fingerprint density at radius 1 is 1.25 bits per heavy atom. The van der Waals surface area contributed by atoms with Crippen LogP contribution in [0.2, 0.25) is 5.02 Å². The Balaban J connectivity index is 2.12. The Kier molecular flexibility index (Phi) is 2.14. The van der Waals surface area contributed by atoms with Crippen LogP contribution in [0.3, 0.4) is 0 Å². The van der Waals surface area contributed by atoms with Gasteiger partial charge in [-0.25, -0.2) is 4.79 Å². The molecular formula is C12H11ClN2O. The summed E-state index contributed by atoms with van der Waals surface area (Å²) in [6, 6.07) is 7.93. The number of H-pyrrole nitrogens is 1. The molecule has 1 heterocycles. The van der Waals surface area contributed by atoms with Crippen molar-refractivity contribution >= 4 is 11.6 Å². The zero-order valence-corrected chi connectivity index (χ0v) is 9.37. The molecule has 1 aromatic carbocycles. The zero-order chi connectivity index (χ0) is 11.1. The van der Waals surface area contributed by atoms with Gasteiger partial charge < -0.3 is 4.98 Å². The van der Waals surface area contributed by atoms with Gasteiger partial charge >= 0.3 is 5.69 Å². The van der Waals surface area contributed by atoms with Crippen molar-refractivity contribution in [2.24, 2.45) is 0 Å². The molecule has 1 aliphatic carbocycles. The molecule has 0 atom stereocenters. The van der Waals surface area contributed by atoms with E-state index in [4.69, 9.17) is 11.6 Å². The first kappa shape index (κ1) is 9.73. The fraction of sp³-hybridized carbons (Fsp3) is 0.250. The Morgan fingerprint density at radius 2 is 1.94 bits per heavy atom. The highest BCUT2D eigenvalue weighted by Crippen LogP contribution is 2.36. The summed E-state index contributed by atoms with van der Waals surface area (Å²) >= 11 is 5.84. The maximum Gasteiger partial charge on any atom is 0.326 e. The van der Waals surface area contributed by atoms with E-state index in [1.807, 2.05) is 28.8 Å². The lowest BCUT2D eigenvalue weighted by Gasteiger charge is -2.05. The van der Waals surface area contributed by atoms with Gasteiger partial charge in [-0.3, -0.25) is 4.57 Å². The summed E-state index contributed by atoms with van der Waals surface area (Å²) in [5, 5.41) is 0.708. The summed E-state index contributed by atoms with van der Waals surface area (Å²) in [7, 11) is 0. The fourth-order valence-electron chi connectivity index (χ4n) is 1.92. The molecule has 1 saturated carbocycles. The van der Waals surface area contributed by atoms with Crippen LogP contribution in [0.1, 0.15) is 18.9 Å². The zero-order valence-electron chi connectivity index (χ0n) is 8.61. The molecule has 82 valence electrons. The van der Waals surface area contributed by atoms with Crippen LogP contribution < -0.4 is 5.69 Å². The summed E-state index contributed by atoms with van der Waals surface area (Å²) in [4.78, 5) is 14.4. The largest absolute Gasteiger partial charge is 0.326 e. The van der Waals surface area contributed by atoms with Crippen molar-refractivity contribution in [1.82, 2.24) is 9.55 Å². The summed E-state index contributed by atoms with van der Waals surface area (Å²) < 4.78 is 1.84. The number of hydrogen-bond acceptors (Lipinski definition) is 1. The summed E-state index contributed by atoms with van der Waals surface area (Å²) in [5.41, 5.74) is 1.95. The molecular weight excluding hydrogens is 224 g/mol. The van der Waals surface area contributed by atoms with Crippen molar-refractivity contribution in [2.75, 3.05) is 0 Å². The van der Waals surface area contributed by atoms with E-state index < -0.39 is 0 Å². The molecule has 1 aliphatic rings. The summed E-state index contributed by atoms with van der Waals surface area (Å²) in [6.07, 6.45) is 3.96. The normalized spacial score (nSPS) is 15.3. The minimum atomic E-state index is -0.0209. The van der Waals surface area contributed by atoms with Crippen molar-refractivity contribution in [2.45, 2.75) is 18.9 Å². The van der Waals surface area contributed by atoms with E-state index in [1.54, 1.807) is 6.20 Å². The van der Waals surface area contributed by atoms with Gasteiger partial charge in [-0.15, -0.1) is 0 Å². The van der Waals surface area contributed by atoms with Gasteiger partial charge in [0.05, 0.1) is 5.69 Å². The molecule has 0 bridgehead atoms. The summed E-state index contributed by atoms with van der Waals surface area (Å²) in [6.45, 7) is 0. The van der Waals surface area contributed by atoms with E-state index in [0.29, 0.717) is 11.1 Å². The maximum atomic E-state index is 11.6. The highest BCUT2D eigenvalue weighted by Gasteiger charge is 2.27. The second-order valence-corrected chi connectivity index (χ2v) is 4.52. The van der Waals surface area contributed by atoms with Gasteiger partial charge in [-0.05, 0) is 30.5 Å². The van der Waals surface area contributed by atoms with Crippen LogP contribution >= 0.6 is 11.6 Å². The number of halogens is 1. The average Bonchev–Trinajstić information content (AvgIpc) is 3.04. The van der Waals surface area contributed by atoms with Gasteiger partial charge in [-0.2, -0.15) is 0 Å². The first-order valence-electron chi connectivity index (χ1n) is 5.31. The molecule has 0 amide bonds. The Morgan fingerprint density at radius 3 is 2.56 bits per heavy atom. The first-order valence-corrected chi connectivity index (χ1v) is 5.69. The van der Waals surface area contributed by atoms with Crippen molar-refractivity contribution in [3.8, 4) is 11.3 Å². The van der Waals surface area contributed by atoms with Crippen molar-refractivity contribution < 1.29 is 0 Å². The van der Waals surface area contributed by atoms with Crippen LogP contribution in [0.4, 0.5) is 0 Å². The molecule has 0 aliphatic heterocycles. The maximum absolute atomic E-state index is 11.6. The number of nitrogens with zero attached hydrogens (tertiary/aromatic N) is 1. The average molecular weight is 235 g/mol. The number of benzene rings is 1. The molecule has 0 unspecified atom stereocenters. The predicted molar refractivity (Wildman–Crippen MR) is 63.8 cm³/mol. The van der Waals surface area contributed by atoms with Crippen molar-refractivity contribution in [3.63, 3.8) is 0 Å². The van der Waals surface area contributed by atoms with Gasteiger partial charge in [0.1, 0.15) is 0 Å². The topological polar surface area (TPSA) is 37.8 Å². The number of aromatic nitrogens is 2.